The molecule has 0 bridgehead atoms. The van der Waals surface area contributed by atoms with Crippen molar-refractivity contribution in [1.29, 1.82) is 0 Å². The summed E-state index contributed by atoms with van der Waals surface area (Å²) in [5.74, 6) is -0.548. The normalized spacial score (nSPS) is 17.3. The molecule has 1 atom stereocenters. The minimum absolute atomic E-state index is 0.0302. The fourth-order valence-corrected chi connectivity index (χ4v) is 3.80. The van der Waals surface area contributed by atoms with Crippen LogP contribution in [0.4, 0.5) is 11.4 Å². The number of nitrogens with one attached hydrogen (secondary N) is 3. The van der Waals surface area contributed by atoms with Gasteiger partial charge in [-0.05, 0) is 11.6 Å². The minimum Gasteiger partial charge on any atom is -0.325 e. The van der Waals surface area contributed by atoms with Crippen LogP contribution in [-0.2, 0) is 9.59 Å². The molecule has 2 heterocycles. The first-order chi connectivity index (χ1) is 14.5. The molecule has 4 rings (SSSR count). The van der Waals surface area contributed by atoms with Crippen molar-refractivity contribution in [2.24, 2.45) is 5.10 Å². The van der Waals surface area contributed by atoms with Crippen molar-refractivity contribution >= 4 is 45.8 Å². The Bertz CT molecular complexity index is 1070. The summed E-state index contributed by atoms with van der Waals surface area (Å²) in [5, 5.41) is 21.0. The number of fused-ring (bicyclic) bond motifs is 1. The molecule has 0 saturated heterocycles. The molecule has 2 aromatic carbocycles. The lowest BCUT2D eigenvalue weighted by atomic mass is 10.1. The zero-order chi connectivity index (χ0) is 21.1. The smallest absolute Gasteiger partial charge is 0.271 e. The van der Waals surface area contributed by atoms with Crippen LogP contribution in [0.15, 0.2) is 65.8 Å². The van der Waals surface area contributed by atoms with Gasteiger partial charge in [0.1, 0.15) is 0 Å². The summed E-state index contributed by atoms with van der Waals surface area (Å²) in [6.07, 6.45) is 0.943. The van der Waals surface area contributed by atoms with E-state index in [4.69, 9.17) is 0 Å². The van der Waals surface area contributed by atoms with Gasteiger partial charge in [-0.3, -0.25) is 30.0 Å². The number of hydrogen-bond acceptors (Lipinski definition) is 8. The molecule has 2 amide bonds. The lowest BCUT2D eigenvalue weighted by Crippen LogP contribution is -2.53. The Hall–Kier alpha value is -3.86. The number of anilines is 1. The molecule has 0 radical (unpaired) electrons. The van der Waals surface area contributed by atoms with Gasteiger partial charge in [0, 0.05) is 23.9 Å². The third kappa shape index (κ3) is 4.10. The van der Waals surface area contributed by atoms with Crippen LogP contribution in [0.1, 0.15) is 5.56 Å². The predicted octanol–water partition coefficient (Wildman–Crippen LogP) is 1.90. The summed E-state index contributed by atoms with van der Waals surface area (Å²) in [4.78, 5) is 36.5. The molecule has 0 fully saturated rings. The summed E-state index contributed by atoms with van der Waals surface area (Å²) >= 11 is 1.18. The van der Waals surface area contributed by atoms with Crippen LogP contribution in [0.25, 0.3) is 5.70 Å². The molecule has 0 spiro atoms. The number of nitro groups is 1. The lowest BCUT2D eigenvalue weighted by Gasteiger charge is -2.32. The van der Waals surface area contributed by atoms with Crippen molar-refractivity contribution in [2.45, 2.75) is 6.29 Å². The highest BCUT2D eigenvalue weighted by Gasteiger charge is 2.36. The van der Waals surface area contributed by atoms with Gasteiger partial charge >= 0.3 is 0 Å². The number of thioether (sulfide) groups is 1. The molecule has 3 N–H and O–H groups in total. The van der Waals surface area contributed by atoms with Gasteiger partial charge in [0.2, 0.25) is 11.8 Å². The number of carbonyl (C=O) groups excluding carboxylic acids is 2. The number of benzene rings is 2. The highest BCUT2D eigenvalue weighted by atomic mass is 32.2. The first-order valence-electron chi connectivity index (χ1n) is 8.88. The van der Waals surface area contributed by atoms with E-state index in [1.54, 1.807) is 6.07 Å². The van der Waals surface area contributed by atoms with Crippen molar-refractivity contribution in [2.75, 3.05) is 11.1 Å². The van der Waals surface area contributed by atoms with E-state index in [2.05, 4.69) is 21.2 Å². The maximum atomic E-state index is 12.3. The van der Waals surface area contributed by atoms with Crippen LogP contribution in [0.5, 0.6) is 0 Å². The molecule has 2 aliphatic heterocycles. The number of amides is 2. The summed E-state index contributed by atoms with van der Waals surface area (Å²) in [6, 6.07) is 15.1. The molecule has 30 heavy (non-hydrogen) atoms. The van der Waals surface area contributed by atoms with E-state index in [9.17, 15) is 19.7 Å². The largest absolute Gasteiger partial charge is 0.325 e. The van der Waals surface area contributed by atoms with Gasteiger partial charge in [-0.2, -0.15) is 5.10 Å². The lowest BCUT2D eigenvalue weighted by molar-refractivity contribution is -0.384. The molecular weight excluding hydrogens is 408 g/mol. The van der Waals surface area contributed by atoms with Crippen molar-refractivity contribution < 1.29 is 14.5 Å². The SMILES string of the molecule is O=C1C=C(c2ccccc2)N2C(SCC(=O)Nc3cccc([N+](=O)[O-])c3)=NNC2N1. The number of carbonyl (C=O) groups is 2. The topological polar surface area (TPSA) is 129 Å². The van der Waals surface area contributed by atoms with E-state index in [0.29, 0.717) is 16.6 Å². The number of nitro benzene ring substituents is 1. The summed E-state index contributed by atoms with van der Waals surface area (Å²) in [7, 11) is 0. The molecule has 1 unspecified atom stereocenters. The highest BCUT2D eigenvalue weighted by molar-refractivity contribution is 8.14. The fourth-order valence-electron chi connectivity index (χ4n) is 3.01. The Labute approximate surface area is 175 Å². The Morgan fingerprint density at radius 2 is 2.03 bits per heavy atom. The van der Waals surface area contributed by atoms with Crippen LogP contribution in [-0.4, -0.2) is 38.8 Å². The molecule has 152 valence electrons. The number of amidine groups is 1. The van der Waals surface area contributed by atoms with E-state index in [1.165, 1.54) is 36.0 Å². The van der Waals surface area contributed by atoms with Crippen LogP contribution < -0.4 is 16.1 Å². The number of rotatable bonds is 5. The monoisotopic (exact) mass is 424 g/mol. The third-order valence-electron chi connectivity index (χ3n) is 4.30. The zero-order valence-corrected chi connectivity index (χ0v) is 16.3. The van der Waals surface area contributed by atoms with E-state index in [1.807, 2.05) is 35.2 Å². The van der Waals surface area contributed by atoms with Crippen LogP contribution in [0.3, 0.4) is 0 Å². The van der Waals surface area contributed by atoms with Crippen molar-refractivity contribution in [1.82, 2.24) is 15.6 Å². The maximum Gasteiger partial charge on any atom is 0.271 e. The van der Waals surface area contributed by atoms with E-state index in [0.717, 1.165) is 5.56 Å². The summed E-state index contributed by atoms with van der Waals surface area (Å²) in [5.41, 5.74) is 4.59. The van der Waals surface area contributed by atoms with Crippen molar-refractivity contribution in [3.05, 3.63) is 76.4 Å². The molecule has 0 saturated carbocycles. The molecule has 10 nitrogen and oxygen atoms in total. The van der Waals surface area contributed by atoms with Gasteiger partial charge in [0.15, 0.2) is 11.5 Å². The van der Waals surface area contributed by atoms with Gasteiger partial charge in [-0.15, -0.1) is 0 Å². The number of hydrogen-bond donors (Lipinski definition) is 3. The summed E-state index contributed by atoms with van der Waals surface area (Å²) < 4.78 is 0. The fraction of sp³-hybridized carbons (Fsp3) is 0.105. The van der Waals surface area contributed by atoms with E-state index in [-0.39, 0.29) is 23.3 Å². The molecule has 0 aromatic heterocycles. The van der Waals surface area contributed by atoms with Crippen molar-refractivity contribution in [3.8, 4) is 0 Å². The first kappa shape index (κ1) is 19.5. The summed E-state index contributed by atoms with van der Waals surface area (Å²) in [6.45, 7) is 0. The molecule has 0 aliphatic carbocycles. The predicted molar refractivity (Wildman–Crippen MR) is 113 cm³/mol. The zero-order valence-electron chi connectivity index (χ0n) is 15.4. The third-order valence-corrected chi connectivity index (χ3v) is 5.25. The second-order valence-corrected chi connectivity index (χ2v) is 7.29. The molecule has 11 heteroatoms. The Morgan fingerprint density at radius 3 is 2.80 bits per heavy atom. The number of hydrazone groups is 1. The second kappa shape index (κ2) is 8.25. The van der Waals surface area contributed by atoms with E-state index < -0.39 is 11.2 Å². The second-order valence-electron chi connectivity index (χ2n) is 6.34. The van der Waals surface area contributed by atoms with Gasteiger partial charge in [0.25, 0.3) is 5.69 Å². The van der Waals surface area contributed by atoms with Crippen LogP contribution in [0.2, 0.25) is 0 Å². The standard InChI is InChI=1S/C19H16N6O4S/c26-16-10-15(12-5-2-1-3-6-12)24-18(21-16)22-23-19(24)30-11-17(27)20-13-7-4-8-14(9-13)25(28)29/h1-10,18,22H,11H2,(H,20,27)(H,21,26). The minimum atomic E-state index is -0.542. The highest BCUT2D eigenvalue weighted by Crippen LogP contribution is 2.29. The maximum absolute atomic E-state index is 12.3. The Balaban J connectivity index is 1.44. The first-order valence-corrected chi connectivity index (χ1v) is 9.87. The average Bonchev–Trinajstić information content (AvgIpc) is 3.15. The Kier molecular flexibility index (Phi) is 5.35. The molecule has 2 aliphatic rings. The van der Waals surface area contributed by atoms with E-state index >= 15 is 0 Å². The van der Waals surface area contributed by atoms with Gasteiger partial charge in [-0.25, -0.2) is 0 Å². The van der Waals surface area contributed by atoms with Crippen LogP contribution in [0, 0.1) is 10.1 Å². The number of non-ortho nitro benzene ring substituents is 1. The van der Waals surface area contributed by atoms with Gasteiger partial charge < -0.3 is 10.6 Å². The van der Waals surface area contributed by atoms with Crippen LogP contribution >= 0.6 is 11.8 Å². The quantitative estimate of drug-likeness (QED) is 0.494. The van der Waals surface area contributed by atoms with Crippen molar-refractivity contribution in [3.63, 3.8) is 0 Å². The van der Waals surface area contributed by atoms with Gasteiger partial charge in [-0.1, -0.05) is 48.2 Å². The Morgan fingerprint density at radius 1 is 1.23 bits per heavy atom. The number of nitrogens with zero attached hydrogens (tertiary/aromatic N) is 3. The average molecular weight is 424 g/mol. The molecular formula is C19H16N6O4S. The molecule has 2 aromatic rings. The van der Waals surface area contributed by atoms with Gasteiger partial charge in [0.05, 0.1) is 16.4 Å².